The van der Waals surface area contributed by atoms with Crippen molar-refractivity contribution in [2.45, 2.75) is 5.60 Å². The highest BCUT2D eigenvalue weighted by atomic mass is 19.1. The lowest BCUT2D eigenvalue weighted by molar-refractivity contribution is -0.125. The van der Waals surface area contributed by atoms with Crippen LogP contribution in [-0.2, 0) is 9.47 Å². The predicted molar refractivity (Wildman–Crippen MR) is 92.3 cm³/mol. The van der Waals surface area contributed by atoms with E-state index in [-0.39, 0.29) is 11.7 Å². The number of amides is 1. The maximum absolute atomic E-state index is 13.9. The lowest BCUT2D eigenvalue weighted by Gasteiger charge is -2.41. The van der Waals surface area contributed by atoms with E-state index in [0.717, 1.165) is 6.54 Å². The summed E-state index contributed by atoms with van der Waals surface area (Å²) in [5, 5.41) is 10.1. The Kier molecular flexibility index (Phi) is 4.71. The topological polar surface area (TPSA) is 79.5 Å². The zero-order valence-electron chi connectivity index (χ0n) is 14.3. The molecule has 7 nitrogen and oxygen atoms in total. The van der Waals surface area contributed by atoms with Gasteiger partial charge in [-0.25, -0.2) is 4.39 Å². The van der Waals surface area contributed by atoms with Gasteiger partial charge in [0.2, 0.25) is 0 Å². The molecule has 1 aromatic carbocycles. The van der Waals surface area contributed by atoms with Gasteiger partial charge >= 0.3 is 0 Å². The van der Waals surface area contributed by atoms with E-state index in [9.17, 15) is 9.18 Å². The van der Waals surface area contributed by atoms with Crippen LogP contribution in [0.4, 0.5) is 4.39 Å². The quantitative estimate of drug-likeness (QED) is 0.837. The van der Waals surface area contributed by atoms with Crippen molar-refractivity contribution < 1.29 is 18.7 Å². The van der Waals surface area contributed by atoms with Crippen LogP contribution in [0.1, 0.15) is 10.5 Å². The fourth-order valence-corrected chi connectivity index (χ4v) is 3.39. The van der Waals surface area contributed by atoms with Crippen LogP contribution >= 0.6 is 0 Å². The molecule has 138 valence electrons. The highest BCUT2D eigenvalue weighted by Gasteiger charge is 2.40. The molecule has 0 radical (unpaired) electrons. The van der Waals surface area contributed by atoms with Crippen LogP contribution in [-0.4, -0.2) is 72.6 Å². The molecule has 0 bridgehead atoms. The van der Waals surface area contributed by atoms with Crippen LogP contribution in [0.15, 0.2) is 30.3 Å². The summed E-state index contributed by atoms with van der Waals surface area (Å²) in [7, 11) is 0. The summed E-state index contributed by atoms with van der Waals surface area (Å²) >= 11 is 0. The number of nitrogens with zero attached hydrogens (tertiary/aromatic N) is 2. The van der Waals surface area contributed by atoms with Crippen LogP contribution in [0.25, 0.3) is 11.3 Å². The molecule has 1 atom stereocenters. The average Bonchev–Trinajstić information content (AvgIpc) is 3.04. The van der Waals surface area contributed by atoms with Crippen molar-refractivity contribution in [3.05, 3.63) is 41.8 Å². The number of carbonyl (C=O) groups excluding carboxylic acids is 1. The summed E-state index contributed by atoms with van der Waals surface area (Å²) in [6, 6.07) is 7.95. The Hall–Kier alpha value is -2.29. The number of ether oxygens (including phenoxy) is 2. The monoisotopic (exact) mass is 360 g/mol. The minimum Gasteiger partial charge on any atom is -0.377 e. The van der Waals surface area contributed by atoms with Gasteiger partial charge in [0.05, 0.1) is 32.1 Å². The van der Waals surface area contributed by atoms with Crippen LogP contribution < -0.4 is 5.32 Å². The summed E-state index contributed by atoms with van der Waals surface area (Å²) < 4.78 is 25.5. The highest BCUT2D eigenvalue weighted by Crippen LogP contribution is 2.24. The average molecular weight is 360 g/mol. The fraction of sp³-hybridized carbons (Fsp3) is 0.444. The van der Waals surface area contributed by atoms with Crippen LogP contribution in [0.2, 0.25) is 0 Å². The van der Waals surface area contributed by atoms with Gasteiger partial charge in [-0.2, -0.15) is 5.10 Å². The van der Waals surface area contributed by atoms with Gasteiger partial charge in [-0.15, -0.1) is 0 Å². The Morgan fingerprint density at radius 1 is 1.31 bits per heavy atom. The predicted octanol–water partition coefficient (Wildman–Crippen LogP) is 1.05. The van der Waals surface area contributed by atoms with Crippen LogP contribution in [0, 0.1) is 5.82 Å². The number of hydrogen-bond acceptors (Lipinski definition) is 5. The van der Waals surface area contributed by atoms with E-state index in [1.165, 1.54) is 6.07 Å². The smallest absolute Gasteiger partial charge is 0.272 e. The van der Waals surface area contributed by atoms with Crippen molar-refractivity contribution in [3.8, 4) is 11.3 Å². The van der Waals surface area contributed by atoms with E-state index in [1.54, 1.807) is 29.2 Å². The van der Waals surface area contributed by atoms with E-state index in [4.69, 9.17) is 9.47 Å². The molecule has 4 rings (SSSR count). The number of morpholine rings is 1. The molecule has 2 fully saturated rings. The number of H-pyrrole nitrogens is 1. The Morgan fingerprint density at radius 2 is 2.19 bits per heavy atom. The number of hydrogen-bond donors (Lipinski definition) is 2. The van der Waals surface area contributed by atoms with Gasteiger partial charge in [-0.05, 0) is 18.2 Å². The second-order valence-corrected chi connectivity index (χ2v) is 6.63. The SMILES string of the molecule is O=C(c1cc(-c2ccccc2F)n[nH]1)N1CCOC2(CNCCOC2)C1. The lowest BCUT2D eigenvalue weighted by atomic mass is 10.0. The van der Waals surface area contributed by atoms with E-state index in [1.807, 2.05) is 0 Å². The number of nitrogens with one attached hydrogen (secondary N) is 2. The Labute approximate surface area is 150 Å². The molecule has 2 aliphatic rings. The molecular formula is C18H21FN4O3. The third-order valence-electron chi connectivity index (χ3n) is 4.73. The van der Waals surface area contributed by atoms with Crippen molar-refractivity contribution in [3.63, 3.8) is 0 Å². The molecule has 8 heteroatoms. The van der Waals surface area contributed by atoms with E-state index in [0.29, 0.717) is 56.4 Å². The number of carbonyl (C=O) groups is 1. The van der Waals surface area contributed by atoms with Crippen molar-refractivity contribution in [2.24, 2.45) is 0 Å². The first-order valence-electron chi connectivity index (χ1n) is 8.69. The number of halogens is 1. The summed E-state index contributed by atoms with van der Waals surface area (Å²) in [6.45, 7) is 3.87. The molecule has 2 aromatic rings. The molecule has 26 heavy (non-hydrogen) atoms. The van der Waals surface area contributed by atoms with E-state index >= 15 is 0 Å². The standard InChI is InChI=1S/C18H21FN4O3/c19-14-4-2-1-3-13(14)15-9-16(22-21-15)17(24)23-6-8-26-18(11-23)10-20-5-7-25-12-18/h1-4,9,20H,5-8,10-12H2,(H,21,22). The maximum Gasteiger partial charge on any atom is 0.272 e. The Morgan fingerprint density at radius 3 is 3.08 bits per heavy atom. The summed E-state index contributed by atoms with van der Waals surface area (Å²) in [4.78, 5) is 14.6. The maximum atomic E-state index is 13.9. The van der Waals surface area contributed by atoms with Crippen molar-refractivity contribution >= 4 is 5.91 Å². The number of benzene rings is 1. The molecular weight excluding hydrogens is 339 g/mol. The molecule has 2 N–H and O–H groups in total. The van der Waals surface area contributed by atoms with Gasteiger partial charge in [0.1, 0.15) is 17.1 Å². The molecule has 0 aliphatic carbocycles. The highest BCUT2D eigenvalue weighted by molar-refractivity contribution is 5.93. The van der Waals surface area contributed by atoms with Gasteiger partial charge in [0.25, 0.3) is 5.91 Å². The minimum absolute atomic E-state index is 0.174. The Bertz CT molecular complexity index is 786. The molecule has 1 amide bonds. The van der Waals surface area contributed by atoms with Gasteiger partial charge in [0, 0.05) is 25.2 Å². The van der Waals surface area contributed by atoms with Gasteiger partial charge in [-0.1, -0.05) is 12.1 Å². The molecule has 0 saturated carbocycles. The van der Waals surface area contributed by atoms with Gasteiger partial charge in [0.15, 0.2) is 0 Å². The van der Waals surface area contributed by atoms with Crippen LogP contribution in [0.5, 0.6) is 0 Å². The third kappa shape index (κ3) is 3.35. The molecule has 1 aromatic heterocycles. The normalized spacial score (nSPS) is 23.8. The molecule has 2 aliphatic heterocycles. The van der Waals surface area contributed by atoms with Gasteiger partial charge in [-0.3, -0.25) is 9.89 Å². The number of aromatic nitrogens is 2. The largest absolute Gasteiger partial charge is 0.377 e. The fourth-order valence-electron chi connectivity index (χ4n) is 3.39. The summed E-state index contributed by atoms with van der Waals surface area (Å²) in [5.74, 6) is -0.544. The molecule has 1 spiro atoms. The zero-order valence-corrected chi connectivity index (χ0v) is 14.3. The third-order valence-corrected chi connectivity index (χ3v) is 4.73. The zero-order chi connectivity index (χ0) is 18.0. The van der Waals surface area contributed by atoms with Gasteiger partial charge < -0.3 is 19.7 Å². The second kappa shape index (κ2) is 7.14. The first-order chi connectivity index (χ1) is 12.7. The van der Waals surface area contributed by atoms with Crippen molar-refractivity contribution in [2.75, 3.05) is 46.0 Å². The number of rotatable bonds is 2. The van der Waals surface area contributed by atoms with E-state index < -0.39 is 5.60 Å². The second-order valence-electron chi connectivity index (χ2n) is 6.63. The van der Waals surface area contributed by atoms with Crippen molar-refractivity contribution in [1.29, 1.82) is 0 Å². The minimum atomic E-state index is -0.529. The summed E-state index contributed by atoms with van der Waals surface area (Å²) in [5.41, 5.74) is 0.582. The Balaban J connectivity index is 1.52. The first kappa shape index (κ1) is 17.1. The van der Waals surface area contributed by atoms with E-state index in [2.05, 4.69) is 15.5 Å². The molecule has 2 saturated heterocycles. The molecule has 3 heterocycles. The van der Waals surface area contributed by atoms with Crippen molar-refractivity contribution in [1.82, 2.24) is 20.4 Å². The first-order valence-corrected chi connectivity index (χ1v) is 8.69. The number of aromatic amines is 1. The lowest BCUT2D eigenvalue weighted by Crippen LogP contribution is -2.59. The summed E-state index contributed by atoms with van der Waals surface area (Å²) in [6.07, 6.45) is 0. The molecule has 1 unspecified atom stereocenters. The van der Waals surface area contributed by atoms with Crippen LogP contribution in [0.3, 0.4) is 0 Å².